The summed E-state index contributed by atoms with van der Waals surface area (Å²) in [4.78, 5) is 14.0. The zero-order valence-corrected chi connectivity index (χ0v) is 7.29. The van der Waals surface area contributed by atoms with Crippen LogP contribution in [0.25, 0.3) is 10.8 Å². The molecule has 0 saturated carbocycles. The van der Waals surface area contributed by atoms with Crippen molar-refractivity contribution in [1.29, 1.82) is 0 Å². The molecular weight excluding hydrogens is 164 g/mol. The highest BCUT2D eigenvalue weighted by atomic mass is 16.1. The van der Waals surface area contributed by atoms with Crippen LogP contribution in [0.2, 0.25) is 0 Å². The van der Waals surface area contributed by atoms with Crippen molar-refractivity contribution < 1.29 is 0 Å². The SMILES string of the molecule is CNc1ccc2cc[nH]c(=O)c2c1. The predicted octanol–water partition coefficient (Wildman–Crippen LogP) is 1.57. The van der Waals surface area contributed by atoms with E-state index >= 15 is 0 Å². The van der Waals surface area contributed by atoms with Crippen molar-refractivity contribution in [2.75, 3.05) is 12.4 Å². The number of pyridine rings is 1. The number of anilines is 1. The maximum Gasteiger partial charge on any atom is 0.255 e. The molecule has 0 amide bonds. The Morgan fingerprint density at radius 1 is 1.31 bits per heavy atom. The van der Waals surface area contributed by atoms with Crippen LogP contribution in [0, 0.1) is 0 Å². The lowest BCUT2D eigenvalue weighted by Crippen LogP contribution is -2.04. The molecule has 1 aromatic carbocycles. The number of fused-ring (bicyclic) bond motifs is 1. The second-order valence-corrected chi connectivity index (χ2v) is 2.86. The number of hydrogen-bond acceptors (Lipinski definition) is 2. The van der Waals surface area contributed by atoms with E-state index in [4.69, 9.17) is 0 Å². The van der Waals surface area contributed by atoms with Gasteiger partial charge in [-0.05, 0) is 23.6 Å². The number of H-pyrrole nitrogens is 1. The number of hydrogen-bond donors (Lipinski definition) is 2. The van der Waals surface area contributed by atoms with Crippen LogP contribution in [0.4, 0.5) is 5.69 Å². The van der Waals surface area contributed by atoms with Gasteiger partial charge in [-0.25, -0.2) is 0 Å². The predicted molar refractivity (Wildman–Crippen MR) is 54.1 cm³/mol. The Hall–Kier alpha value is -1.77. The molecule has 1 aromatic heterocycles. The van der Waals surface area contributed by atoms with Crippen molar-refractivity contribution in [2.24, 2.45) is 0 Å². The molecular formula is C10H10N2O. The average molecular weight is 174 g/mol. The van der Waals surface area contributed by atoms with E-state index in [-0.39, 0.29) is 5.56 Å². The monoisotopic (exact) mass is 174 g/mol. The molecule has 0 aliphatic heterocycles. The summed E-state index contributed by atoms with van der Waals surface area (Å²) in [5.41, 5.74) is 0.902. The Morgan fingerprint density at radius 3 is 2.92 bits per heavy atom. The molecule has 3 heteroatoms. The van der Waals surface area contributed by atoms with E-state index in [1.807, 2.05) is 31.3 Å². The van der Waals surface area contributed by atoms with Crippen LogP contribution in [0.1, 0.15) is 0 Å². The number of nitrogens with one attached hydrogen (secondary N) is 2. The van der Waals surface area contributed by atoms with Gasteiger partial charge in [0.15, 0.2) is 0 Å². The van der Waals surface area contributed by atoms with Crippen LogP contribution >= 0.6 is 0 Å². The van der Waals surface area contributed by atoms with Gasteiger partial charge in [0, 0.05) is 24.3 Å². The Kier molecular flexibility index (Phi) is 1.77. The molecule has 13 heavy (non-hydrogen) atoms. The molecule has 0 saturated heterocycles. The molecule has 1 heterocycles. The fourth-order valence-electron chi connectivity index (χ4n) is 1.34. The van der Waals surface area contributed by atoms with Crippen LogP contribution in [0.15, 0.2) is 35.3 Å². The molecule has 0 bridgehead atoms. The first kappa shape index (κ1) is 7.86. The molecule has 0 radical (unpaired) electrons. The first-order chi connectivity index (χ1) is 6.31. The van der Waals surface area contributed by atoms with E-state index < -0.39 is 0 Å². The second kappa shape index (κ2) is 2.94. The summed E-state index contributed by atoms with van der Waals surface area (Å²) >= 11 is 0. The average Bonchev–Trinajstić information content (AvgIpc) is 2.18. The normalized spacial score (nSPS) is 10.2. The molecule has 0 atom stereocenters. The van der Waals surface area contributed by atoms with Gasteiger partial charge in [0.25, 0.3) is 5.56 Å². The molecule has 66 valence electrons. The lowest BCUT2D eigenvalue weighted by molar-refractivity contribution is 1.28. The summed E-state index contributed by atoms with van der Waals surface area (Å²) in [6, 6.07) is 7.60. The van der Waals surface area contributed by atoms with Crippen LogP contribution in [-0.4, -0.2) is 12.0 Å². The third-order valence-corrected chi connectivity index (χ3v) is 2.06. The lowest BCUT2D eigenvalue weighted by atomic mass is 10.1. The van der Waals surface area contributed by atoms with Crippen LogP contribution in [0.5, 0.6) is 0 Å². The van der Waals surface area contributed by atoms with Gasteiger partial charge in [0.2, 0.25) is 0 Å². The molecule has 0 aliphatic rings. The van der Waals surface area contributed by atoms with E-state index in [1.165, 1.54) is 0 Å². The van der Waals surface area contributed by atoms with E-state index in [1.54, 1.807) is 6.20 Å². The number of benzene rings is 1. The number of rotatable bonds is 1. The highest BCUT2D eigenvalue weighted by Crippen LogP contribution is 2.14. The molecule has 2 rings (SSSR count). The molecule has 2 aromatic rings. The summed E-state index contributed by atoms with van der Waals surface area (Å²) in [6.07, 6.45) is 1.66. The zero-order valence-electron chi connectivity index (χ0n) is 7.29. The number of aromatic amines is 1. The number of aromatic nitrogens is 1. The molecule has 2 N–H and O–H groups in total. The first-order valence-corrected chi connectivity index (χ1v) is 4.10. The van der Waals surface area contributed by atoms with Crippen LogP contribution in [0.3, 0.4) is 0 Å². The fraction of sp³-hybridized carbons (Fsp3) is 0.100. The van der Waals surface area contributed by atoms with E-state index in [0.717, 1.165) is 11.1 Å². The Labute approximate surface area is 75.4 Å². The lowest BCUT2D eigenvalue weighted by Gasteiger charge is -2.00. The largest absolute Gasteiger partial charge is 0.388 e. The first-order valence-electron chi connectivity index (χ1n) is 4.10. The third kappa shape index (κ3) is 1.28. The minimum absolute atomic E-state index is 0.0467. The van der Waals surface area contributed by atoms with Crippen molar-refractivity contribution in [2.45, 2.75) is 0 Å². The van der Waals surface area contributed by atoms with Crippen molar-refractivity contribution in [3.63, 3.8) is 0 Å². The summed E-state index contributed by atoms with van der Waals surface area (Å²) in [5.74, 6) is 0. The van der Waals surface area contributed by atoms with Crippen LogP contribution < -0.4 is 10.9 Å². The highest BCUT2D eigenvalue weighted by molar-refractivity contribution is 5.84. The summed E-state index contributed by atoms with van der Waals surface area (Å²) < 4.78 is 0. The van der Waals surface area contributed by atoms with E-state index in [0.29, 0.717) is 5.39 Å². The molecule has 0 fully saturated rings. The Balaban J connectivity index is 2.82. The van der Waals surface area contributed by atoms with E-state index in [9.17, 15) is 4.79 Å². The molecule has 0 spiro atoms. The Bertz CT molecular complexity index is 487. The molecule has 3 nitrogen and oxygen atoms in total. The van der Waals surface area contributed by atoms with Crippen molar-refractivity contribution >= 4 is 16.5 Å². The van der Waals surface area contributed by atoms with Gasteiger partial charge in [-0.15, -0.1) is 0 Å². The maximum absolute atomic E-state index is 11.4. The van der Waals surface area contributed by atoms with Crippen molar-refractivity contribution in [3.05, 3.63) is 40.8 Å². The van der Waals surface area contributed by atoms with Gasteiger partial charge < -0.3 is 10.3 Å². The Morgan fingerprint density at radius 2 is 2.15 bits per heavy atom. The summed E-state index contributed by atoms with van der Waals surface area (Å²) in [7, 11) is 1.83. The topological polar surface area (TPSA) is 44.9 Å². The highest BCUT2D eigenvalue weighted by Gasteiger charge is 1.97. The van der Waals surface area contributed by atoms with E-state index in [2.05, 4.69) is 10.3 Å². The maximum atomic E-state index is 11.4. The minimum atomic E-state index is -0.0467. The van der Waals surface area contributed by atoms with Gasteiger partial charge in [0.1, 0.15) is 0 Å². The standard InChI is InChI=1S/C10H10N2O/c1-11-8-3-2-7-4-5-12-10(13)9(7)6-8/h2-6,11H,1H3,(H,12,13). The smallest absolute Gasteiger partial charge is 0.255 e. The van der Waals surface area contributed by atoms with Gasteiger partial charge >= 0.3 is 0 Å². The minimum Gasteiger partial charge on any atom is -0.388 e. The fourth-order valence-corrected chi connectivity index (χ4v) is 1.34. The quantitative estimate of drug-likeness (QED) is 0.689. The summed E-state index contributed by atoms with van der Waals surface area (Å²) in [6.45, 7) is 0. The van der Waals surface area contributed by atoms with Gasteiger partial charge in [-0.1, -0.05) is 6.07 Å². The summed E-state index contributed by atoms with van der Waals surface area (Å²) in [5, 5.41) is 4.67. The zero-order chi connectivity index (χ0) is 9.26. The second-order valence-electron chi connectivity index (χ2n) is 2.86. The van der Waals surface area contributed by atoms with Crippen molar-refractivity contribution in [3.8, 4) is 0 Å². The van der Waals surface area contributed by atoms with Crippen molar-refractivity contribution in [1.82, 2.24) is 4.98 Å². The third-order valence-electron chi connectivity index (χ3n) is 2.06. The van der Waals surface area contributed by atoms with Gasteiger partial charge in [0.05, 0.1) is 0 Å². The van der Waals surface area contributed by atoms with Gasteiger partial charge in [-0.3, -0.25) is 4.79 Å². The van der Waals surface area contributed by atoms with Gasteiger partial charge in [-0.2, -0.15) is 0 Å². The molecule has 0 unspecified atom stereocenters. The molecule has 0 aliphatic carbocycles. The van der Waals surface area contributed by atoms with Crippen LogP contribution in [-0.2, 0) is 0 Å².